The number of nitrogens with one attached hydrogen (secondary N) is 1. The zero-order chi connectivity index (χ0) is 10.5. The third-order valence-corrected chi connectivity index (χ3v) is 2.87. The van der Waals surface area contributed by atoms with Crippen molar-refractivity contribution >= 4 is 11.3 Å². The molecular weight excluding hydrogens is 210 g/mol. The summed E-state index contributed by atoms with van der Waals surface area (Å²) in [5.41, 5.74) is 1.34. The number of hydrogen-bond acceptors (Lipinski definition) is 5. The van der Waals surface area contributed by atoms with Crippen molar-refractivity contribution in [2.75, 3.05) is 7.05 Å². The van der Waals surface area contributed by atoms with Gasteiger partial charge in [0, 0.05) is 6.54 Å². The first-order valence-corrected chi connectivity index (χ1v) is 5.75. The lowest BCUT2D eigenvalue weighted by Crippen LogP contribution is -2.14. The Morgan fingerprint density at radius 3 is 3.20 bits per heavy atom. The highest BCUT2D eigenvalue weighted by atomic mass is 32.1. The van der Waals surface area contributed by atoms with Crippen LogP contribution in [-0.4, -0.2) is 27.3 Å². The largest absolute Gasteiger partial charge is 0.313 e. The van der Waals surface area contributed by atoms with Gasteiger partial charge in [-0.05, 0) is 46.3 Å². The number of thiophene rings is 1. The Morgan fingerprint density at radius 2 is 2.47 bits per heavy atom. The van der Waals surface area contributed by atoms with Crippen molar-refractivity contribution in [2.45, 2.75) is 19.5 Å². The Morgan fingerprint density at radius 1 is 1.53 bits per heavy atom. The molecule has 2 aromatic rings. The number of rotatable bonds is 5. The molecule has 0 aliphatic carbocycles. The van der Waals surface area contributed by atoms with Crippen LogP contribution in [0.4, 0.5) is 0 Å². The summed E-state index contributed by atoms with van der Waals surface area (Å²) in [7, 11) is 1.89. The summed E-state index contributed by atoms with van der Waals surface area (Å²) >= 11 is 1.72. The minimum atomic E-state index is 0.705. The summed E-state index contributed by atoms with van der Waals surface area (Å²) in [6.07, 6.45) is 0.977. The molecule has 0 saturated heterocycles. The fourth-order valence-corrected chi connectivity index (χ4v) is 2.05. The van der Waals surface area contributed by atoms with Crippen LogP contribution in [0.1, 0.15) is 11.4 Å². The van der Waals surface area contributed by atoms with Crippen LogP contribution in [-0.2, 0) is 19.5 Å². The topological polar surface area (TPSA) is 55.6 Å². The van der Waals surface area contributed by atoms with E-state index in [0.29, 0.717) is 6.54 Å². The molecule has 15 heavy (non-hydrogen) atoms. The minimum Gasteiger partial charge on any atom is -0.313 e. The first-order chi connectivity index (χ1) is 7.40. The van der Waals surface area contributed by atoms with Gasteiger partial charge >= 0.3 is 0 Å². The van der Waals surface area contributed by atoms with E-state index in [1.807, 2.05) is 11.7 Å². The van der Waals surface area contributed by atoms with Gasteiger partial charge in [0.15, 0.2) is 5.82 Å². The van der Waals surface area contributed by atoms with E-state index in [9.17, 15) is 0 Å². The van der Waals surface area contributed by atoms with Gasteiger partial charge in [-0.25, -0.2) is 4.68 Å². The second-order valence-electron chi connectivity index (χ2n) is 3.23. The first kappa shape index (κ1) is 10.3. The maximum Gasteiger partial charge on any atom is 0.165 e. The van der Waals surface area contributed by atoms with E-state index in [1.54, 1.807) is 11.3 Å². The van der Waals surface area contributed by atoms with E-state index in [2.05, 4.69) is 37.7 Å². The smallest absolute Gasteiger partial charge is 0.165 e. The molecule has 2 rings (SSSR count). The molecule has 0 atom stereocenters. The average molecular weight is 223 g/mol. The molecule has 0 spiro atoms. The minimum absolute atomic E-state index is 0.705. The molecule has 2 heterocycles. The standard InChI is InChI=1S/C9H13N5S/c1-10-6-9-11-12-13-14(9)4-2-8-3-5-15-7-8/h3,5,7,10H,2,4,6H2,1H3. The van der Waals surface area contributed by atoms with E-state index in [1.165, 1.54) is 5.56 Å². The van der Waals surface area contributed by atoms with Crippen LogP contribution >= 0.6 is 11.3 Å². The van der Waals surface area contributed by atoms with E-state index >= 15 is 0 Å². The van der Waals surface area contributed by atoms with Crippen LogP contribution in [0.15, 0.2) is 16.8 Å². The second-order valence-corrected chi connectivity index (χ2v) is 4.01. The molecule has 1 N–H and O–H groups in total. The summed E-state index contributed by atoms with van der Waals surface area (Å²) in [4.78, 5) is 0. The van der Waals surface area contributed by atoms with Crippen molar-refractivity contribution in [3.05, 3.63) is 28.2 Å². The van der Waals surface area contributed by atoms with Gasteiger partial charge in [0.05, 0.1) is 6.54 Å². The lowest BCUT2D eigenvalue weighted by Gasteiger charge is -2.02. The molecule has 0 unspecified atom stereocenters. The Balaban J connectivity index is 1.95. The number of hydrogen-bond donors (Lipinski definition) is 1. The predicted molar refractivity (Wildman–Crippen MR) is 58.6 cm³/mol. The third kappa shape index (κ3) is 2.60. The summed E-state index contributed by atoms with van der Waals surface area (Å²) in [6, 6.07) is 2.13. The maximum absolute atomic E-state index is 3.95. The fraction of sp³-hybridized carbons (Fsp3) is 0.444. The Kier molecular flexibility index (Phi) is 3.41. The fourth-order valence-electron chi connectivity index (χ4n) is 1.35. The Hall–Kier alpha value is -1.27. The molecule has 0 aliphatic heterocycles. The molecule has 80 valence electrons. The van der Waals surface area contributed by atoms with Crippen LogP contribution in [0, 0.1) is 0 Å². The Labute approximate surface area is 92.1 Å². The monoisotopic (exact) mass is 223 g/mol. The molecule has 0 aromatic carbocycles. The maximum atomic E-state index is 3.95. The molecular formula is C9H13N5S. The van der Waals surface area contributed by atoms with Gasteiger partial charge in [0.2, 0.25) is 0 Å². The molecule has 6 heteroatoms. The summed E-state index contributed by atoms with van der Waals surface area (Å²) in [5, 5.41) is 18.9. The summed E-state index contributed by atoms with van der Waals surface area (Å²) in [5.74, 6) is 0.882. The van der Waals surface area contributed by atoms with E-state index in [-0.39, 0.29) is 0 Å². The third-order valence-electron chi connectivity index (χ3n) is 2.13. The van der Waals surface area contributed by atoms with Crippen molar-refractivity contribution in [2.24, 2.45) is 0 Å². The number of nitrogens with zero attached hydrogens (tertiary/aromatic N) is 4. The quantitative estimate of drug-likeness (QED) is 0.810. The lowest BCUT2D eigenvalue weighted by molar-refractivity contribution is 0.553. The second kappa shape index (κ2) is 4.99. The van der Waals surface area contributed by atoms with Gasteiger partial charge in [0.1, 0.15) is 0 Å². The van der Waals surface area contributed by atoms with Crippen molar-refractivity contribution in [1.82, 2.24) is 25.5 Å². The molecule has 0 bridgehead atoms. The van der Waals surface area contributed by atoms with Crippen molar-refractivity contribution in [1.29, 1.82) is 0 Å². The van der Waals surface area contributed by atoms with Gasteiger partial charge in [-0.2, -0.15) is 11.3 Å². The van der Waals surface area contributed by atoms with Crippen LogP contribution < -0.4 is 5.32 Å². The Bertz CT molecular complexity index is 394. The van der Waals surface area contributed by atoms with Crippen LogP contribution in [0.25, 0.3) is 0 Å². The molecule has 0 radical (unpaired) electrons. The van der Waals surface area contributed by atoms with Crippen molar-refractivity contribution in [3.63, 3.8) is 0 Å². The van der Waals surface area contributed by atoms with Crippen molar-refractivity contribution < 1.29 is 0 Å². The zero-order valence-electron chi connectivity index (χ0n) is 8.55. The molecule has 0 saturated carbocycles. The predicted octanol–water partition coefficient (Wildman–Crippen LogP) is 0.697. The zero-order valence-corrected chi connectivity index (χ0v) is 9.37. The van der Waals surface area contributed by atoms with E-state index < -0.39 is 0 Å². The summed E-state index contributed by atoms with van der Waals surface area (Å²) in [6.45, 7) is 1.54. The normalized spacial score (nSPS) is 10.7. The van der Waals surface area contributed by atoms with E-state index in [4.69, 9.17) is 0 Å². The molecule has 0 fully saturated rings. The molecule has 5 nitrogen and oxygen atoms in total. The number of aromatic nitrogens is 4. The van der Waals surface area contributed by atoms with E-state index in [0.717, 1.165) is 18.8 Å². The average Bonchev–Trinajstić information content (AvgIpc) is 2.85. The highest BCUT2D eigenvalue weighted by Gasteiger charge is 2.04. The molecule has 2 aromatic heterocycles. The van der Waals surface area contributed by atoms with Crippen LogP contribution in [0.2, 0.25) is 0 Å². The van der Waals surface area contributed by atoms with Crippen LogP contribution in [0.5, 0.6) is 0 Å². The first-order valence-electron chi connectivity index (χ1n) is 4.81. The van der Waals surface area contributed by atoms with Crippen molar-refractivity contribution in [3.8, 4) is 0 Å². The highest BCUT2D eigenvalue weighted by Crippen LogP contribution is 2.07. The van der Waals surface area contributed by atoms with Gasteiger partial charge in [-0.1, -0.05) is 0 Å². The molecule has 0 aliphatic rings. The highest BCUT2D eigenvalue weighted by molar-refractivity contribution is 7.07. The SMILES string of the molecule is CNCc1nnnn1CCc1ccsc1. The van der Waals surface area contributed by atoms with Gasteiger partial charge < -0.3 is 5.32 Å². The number of aryl methyl sites for hydroxylation is 2. The summed E-state index contributed by atoms with van der Waals surface area (Å²) < 4.78 is 1.84. The lowest BCUT2D eigenvalue weighted by atomic mass is 10.2. The van der Waals surface area contributed by atoms with Gasteiger partial charge in [0.25, 0.3) is 0 Å². The van der Waals surface area contributed by atoms with Crippen LogP contribution in [0.3, 0.4) is 0 Å². The van der Waals surface area contributed by atoms with Gasteiger partial charge in [-0.3, -0.25) is 0 Å². The number of tetrazole rings is 1. The van der Waals surface area contributed by atoms with Gasteiger partial charge in [-0.15, -0.1) is 5.10 Å². The molecule has 0 amide bonds.